The van der Waals surface area contributed by atoms with Gasteiger partial charge in [0, 0.05) is 12.6 Å². The fraction of sp³-hybridized carbons (Fsp3) is 0.533. The largest absolute Gasteiger partial charge is 0.396 e. The molecule has 1 aromatic carbocycles. The van der Waals surface area contributed by atoms with E-state index >= 15 is 0 Å². The molecule has 2 unspecified atom stereocenters. The van der Waals surface area contributed by atoms with Gasteiger partial charge in [0.15, 0.2) is 0 Å². The molecule has 98 valence electrons. The Balaban J connectivity index is 1.98. The molecule has 0 fully saturated rings. The van der Waals surface area contributed by atoms with E-state index < -0.39 is 0 Å². The molecule has 0 saturated carbocycles. The molecule has 0 aliphatic heterocycles. The lowest BCUT2D eigenvalue weighted by molar-refractivity contribution is -0.124. The van der Waals surface area contributed by atoms with E-state index in [4.69, 9.17) is 5.11 Å². The number of benzene rings is 1. The molecule has 0 saturated heterocycles. The van der Waals surface area contributed by atoms with Gasteiger partial charge in [-0.1, -0.05) is 38.1 Å². The van der Waals surface area contributed by atoms with Crippen LogP contribution >= 0.6 is 0 Å². The molecular weight excluding hydrogens is 226 g/mol. The summed E-state index contributed by atoms with van der Waals surface area (Å²) in [4.78, 5) is 12.2. The Labute approximate surface area is 108 Å². The molecule has 0 heterocycles. The van der Waals surface area contributed by atoms with Crippen molar-refractivity contribution in [2.24, 2.45) is 5.92 Å². The predicted octanol–water partition coefficient (Wildman–Crippen LogP) is 1.85. The Morgan fingerprint density at radius 3 is 2.78 bits per heavy atom. The molecule has 18 heavy (non-hydrogen) atoms. The van der Waals surface area contributed by atoms with Crippen LogP contribution in [0, 0.1) is 5.92 Å². The zero-order chi connectivity index (χ0) is 13.1. The van der Waals surface area contributed by atoms with E-state index in [0.29, 0.717) is 12.3 Å². The highest BCUT2D eigenvalue weighted by molar-refractivity contribution is 5.87. The highest BCUT2D eigenvalue weighted by Gasteiger charge is 2.32. The predicted molar refractivity (Wildman–Crippen MR) is 71.4 cm³/mol. The van der Waals surface area contributed by atoms with Gasteiger partial charge in [0.05, 0.1) is 5.92 Å². The first kappa shape index (κ1) is 13.1. The molecule has 0 aromatic heterocycles. The third-order valence-corrected chi connectivity index (χ3v) is 3.74. The van der Waals surface area contributed by atoms with Gasteiger partial charge in [0.1, 0.15) is 0 Å². The van der Waals surface area contributed by atoms with Crippen molar-refractivity contribution in [3.63, 3.8) is 0 Å². The van der Waals surface area contributed by atoms with Gasteiger partial charge in [0.2, 0.25) is 5.91 Å². The average Bonchev–Trinajstić information content (AvgIpc) is 2.30. The average molecular weight is 247 g/mol. The maximum Gasteiger partial charge on any atom is 0.228 e. The molecule has 2 rings (SSSR count). The van der Waals surface area contributed by atoms with Crippen LogP contribution in [0.25, 0.3) is 0 Å². The van der Waals surface area contributed by atoms with Gasteiger partial charge in [-0.25, -0.2) is 0 Å². The van der Waals surface area contributed by atoms with Gasteiger partial charge < -0.3 is 10.4 Å². The number of aliphatic hydroxyl groups excluding tert-OH is 1. The molecule has 2 N–H and O–H groups in total. The summed E-state index contributed by atoms with van der Waals surface area (Å²) in [6.07, 6.45) is 1.46. The van der Waals surface area contributed by atoms with Gasteiger partial charge in [-0.2, -0.15) is 0 Å². The first-order valence-electron chi connectivity index (χ1n) is 6.62. The maximum absolute atomic E-state index is 12.2. The van der Waals surface area contributed by atoms with Crippen LogP contribution in [0.5, 0.6) is 0 Å². The summed E-state index contributed by atoms with van der Waals surface area (Å²) < 4.78 is 0. The summed E-state index contributed by atoms with van der Waals surface area (Å²) in [6.45, 7) is 4.25. The number of rotatable bonds is 5. The van der Waals surface area contributed by atoms with E-state index in [1.165, 1.54) is 5.56 Å². The molecule has 1 aromatic rings. The topological polar surface area (TPSA) is 49.3 Å². The number of hydrogen-bond donors (Lipinski definition) is 2. The zero-order valence-corrected chi connectivity index (χ0v) is 11.0. The number of amides is 1. The summed E-state index contributed by atoms with van der Waals surface area (Å²) in [5, 5.41) is 12.1. The number of aliphatic hydroxyl groups is 1. The van der Waals surface area contributed by atoms with Gasteiger partial charge in [-0.15, -0.1) is 0 Å². The minimum absolute atomic E-state index is 0.00106. The van der Waals surface area contributed by atoms with Gasteiger partial charge in [0.25, 0.3) is 0 Å². The number of nitrogens with one attached hydrogen (secondary N) is 1. The minimum atomic E-state index is 0.00106. The van der Waals surface area contributed by atoms with Crippen LogP contribution in [0.15, 0.2) is 24.3 Å². The molecule has 1 aliphatic carbocycles. The Bertz CT molecular complexity index is 428. The van der Waals surface area contributed by atoms with Crippen LogP contribution in [-0.2, 0) is 11.2 Å². The van der Waals surface area contributed by atoms with E-state index in [1.807, 2.05) is 18.2 Å². The van der Waals surface area contributed by atoms with E-state index in [0.717, 1.165) is 12.0 Å². The second kappa shape index (κ2) is 5.53. The summed E-state index contributed by atoms with van der Waals surface area (Å²) in [7, 11) is 0. The van der Waals surface area contributed by atoms with Crippen LogP contribution in [0.3, 0.4) is 0 Å². The van der Waals surface area contributed by atoms with Crippen molar-refractivity contribution in [2.45, 2.75) is 38.6 Å². The van der Waals surface area contributed by atoms with Crippen LogP contribution in [0.4, 0.5) is 0 Å². The van der Waals surface area contributed by atoms with Crippen molar-refractivity contribution < 1.29 is 9.90 Å². The lowest BCUT2D eigenvalue weighted by atomic mass is 9.77. The molecule has 1 aliphatic rings. The Morgan fingerprint density at radius 2 is 2.17 bits per heavy atom. The fourth-order valence-corrected chi connectivity index (χ4v) is 2.49. The van der Waals surface area contributed by atoms with Crippen LogP contribution in [0.2, 0.25) is 0 Å². The third-order valence-electron chi connectivity index (χ3n) is 3.74. The molecule has 3 nitrogen and oxygen atoms in total. The Hall–Kier alpha value is -1.35. The van der Waals surface area contributed by atoms with Crippen molar-refractivity contribution in [1.82, 2.24) is 5.32 Å². The van der Waals surface area contributed by atoms with E-state index in [1.54, 1.807) is 0 Å². The van der Waals surface area contributed by atoms with E-state index in [9.17, 15) is 4.79 Å². The highest BCUT2D eigenvalue weighted by Crippen LogP contribution is 2.35. The first-order valence-corrected chi connectivity index (χ1v) is 6.62. The van der Waals surface area contributed by atoms with Crippen LogP contribution in [-0.4, -0.2) is 23.7 Å². The second-order valence-electron chi connectivity index (χ2n) is 5.33. The van der Waals surface area contributed by atoms with Crippen LogP contribution < -0.4 is 5.32 Å². The molecule has 0 bridgehead atoms. The van der Waals surface area contributed by atoms with E-state index in [-0.39, 0.29) is 24.5 Å². The summed E-state index contributed by atoms with van der Waals surface area (Å²) in [5.74, 6) is 0.443. The minimum Gasteiger partial charge on any atom is -0.396 e. The van der Waals surface area contributed by atoms with Gasteiger partial charge >= 0.3 is 0 Å². The summed E-state index contributed by atoms with van der Waals surface area (Å²) >= 11 is 0. The van der Waals surface area contributed by atoms with E-state index in [2.05, 4.69) is 25.2 Å². The number of hydrogen-bond acceptors (Lipinski definition) is 2. The first-order chi connectivity index (χ1) is 8.63. The number of carbonyl (C=O) groups is 1. The smallest absolute Gasteiger partial charge is 0.228 e. The monoisotopic (exact) mass is 247 g/mol. The summed E-state index contributed by atoms with van der Waals surface area (Å²) in [6, 6.07) is 8.16. The SMILES string of the molecule is CC(C)C(CCO)NC(=O)C1Cc2ccccc21. The second-order valence-corrected chi connectivity index (χ2v) is 5.33. The quantitative estimate of drug-likeness (QED) is 0.834. The van der Waals surface area contributed by atoms with Crippen molar-refractivity contribution >= 4 is 5.91 Å². The third kappa shape index (κ3) is 2.56. The molecule has 0 spiro atoms. The molecular formula is C15H21NO2. The Morgan fingerprint density at radius 1 is 1.44 bits per heavy atom. The zero-order valence-electron chi connectivity index (χ0n) is 11.0. The van der Waals surface area contributed by atoms with Gasteiger partial charge in [-0.05, 0) is 29.9 Å². The molecule has 1 amide bonds. The lowest BCUT2D eigenvalue weighted by Crippen LogP contribution is -2.44. The standard InChI is InChI=1S/C15H21NO2/c1-10(2)14(7-8-17)16-15(18)13-9-11-5-3-4-6-12(11)13/h3-6,10,13-14,17H,7-9H2,1-2H3,(H,16,18). The summed E-state index contributed by atoms with van der Waals surface area (Å²) in [5.41, 5.74) is 2.43. The maximum atomic E-state index is 12.2. The highest BCUT2D eigenvalue weighted by atomic mass is 16.3. The van der Waals surface area contributed by atoms with Crippen LogP contribution in [0.1, 0.15) is 37.3 Å². The lowest BCUT2D eigenvalue weighted by Gasteiger charge is -2.31. The van der Waals surface area contributed by atoms with Crippen molar-refractivity contribution in [3.05, 3.63) is 35.4 Å². The van der Waals surface area contributed by atoms with Crippen molar-refractivity contribution in [1.29, 1.82) is 0 Å². The number of fused-ring (bicyclic) bond motifs is 1. The van der Waals surface area contributed by atoms with Crippen molar-refractivity contribution in [3.8, 4) is 0 Å². The molecule has 0 radical (unpaired) electrons. The van der Waals surface area contributed by atoms with Gasteiger partial charge in [-0.3, -0.25) is 4.79 Å². The van der Waals surface area contributed by atoms with Crippen molar-refractivity contribution in [2.75, 3.05) is 6.61 Å². The molecule has 3 heteroatoms. The normalized spacial score (nSPS) is 19.0. The Kier molecular flexibility index (Phi) is 4.02. The number of carbonyl (C=O) groups excluding carboxylic acids is 1. The fourth-order valence-electron chi connectivity index (χ4n) is 2.49. The molecule has 2 atom stereocenters.